The van der Waals surface area contributed by atoms with Gasteiger partial charge in [-0.25, -0.2) is 0 Å². The molecule has 0 fully saturated rings. The predicted octanol–water partition coefficient (Wildman–Crippen LogP) is 1.42. The number of carbonyl (C=O) groups excluding carboxylic acids is 1. The highest BCUT2D eigenvalue weighted by Crippen LogP contribution is 2.12. The fourth-order valence-corrected chi connectivity index (χ4v) is 1.62. The maximum Gasteiger partial charge on any atom is 0.323 e. The molecule has 0 radical (unpaired) electrons. The summed E-state index contributed by atoms with van der Waals surface area (Å²) in [7, 11) is 0. The van der Waals surface area contributed by atoms with Crippen LogP contribution in [-0.2, 0) is 22.5 Å². The molecule has 1 heterocycles. The first-order chi connectivity index (χ1) is 8.23. The van der Waals surface area contributed by atoms with E-state index < -0.39 is 11.6 Å². The van der Waals surface area contributed by atoms with Crippen LogP contribution in [0.3, 0.4) is 0 Å². The number of ether oxygens (including phenoxy) is 1. The summed E-state index contributed by atoms with van der Waals surface area (Å²) in [6.07, 6.45) is 2.39. The van der Waals surface area contributed by atoms with Crippen molar-refractivity contribution >= 4 is 5.97 Å². The second kappa shape index (κ2) is 5.52. The Labute approximate surface area is 108 Å². The molecule has 5 heteroatoms. The van der Waals surface area contributed by atoms with Crippen molar-refractivity contribution in [2.45, 2.75) is 59.2 Å². The monoisotopic (exact) mass is 253 g/mol. The van der Waals surface area contributed by atoms with Gasteiger partial charge in [-0.15, -0.1) is 0 Å². The minimum atomic E-state index is -0.641. The van der Waals surface area contributed by atoms with E-state index in [4.69, 9.17) is 10.5 Å². The maximum atomic E-state index is 11.8. The number of nitrogens with two attached hydrogens (primary N) is 1. The first-order valence-corrected chi connectivity index (χ1v) is 6.24. The van der Waals surface area contributed by atoms with Crippen LogP contribution in [-0.4, -0.2) is 27.4 Å². The molecule has 0 aliphatic rings. The molecule has 0 amide bonds. The number of esters is 1. The third-order valence-electron chi connectivity index (χ3n) is 2.52. The van der Waals surface area contributed by atoms with Crippen LogP contribution >= 0.6 is 0 Å². The molecule has 1 aromatic rings. The lowest BCUT2D eigenvalue weighted by Crippen LogP contribution is -2.38. The Hall–Kier alpha value is -1.36. The normalized spacial score (nSPS) is 13.4. The molecule has 1 atom stereocenters. The molecule has 0 aliphatic carbocycles. The van der Waals surface area contributed by atoms with Crippen molar-refractivity contribution in [2.24, 2.45) is 5.73 Å². The second-order valence-electron chi connectivity index (χ2n) is 5.44. The lowest BCUT2D eigenvalue weighted by atomic mass is 10.1. The van der Waals surface area contributed by atoms with Gasteiger partial charge in [0.05, 0.1) is 5.69 Å². The molecule has 0 saturated heterocycles. The molecule has 0 saturated carbocycles. The van der Waals surface area contributed by atoms with Gasteiger partial charge in [-0.2, -0.15) is 5.10 Å². The fraction of sp³-hybridized carbons (Fsp3) is 0.692. The summed E-state index contributed by atoms with van der Waals surface area (Å²) in [4.78, 5) is 11.8. The smallest absolute Gasteiger partial charge is 0.323 e. The van der Waals surface area contributed by atoms with Crippen LogP contribution in [0, 0.1) is 6.92 Å². The molecular weight excluding hydrogens is 230 g/mol. The highest BCUT2D eigenvalue weighted by Gasteiger charge is 2.23. The second-order valence-corrected chi connectivity index (χ2v) is 5.44. The Balaban J connectivity index is 2.66. The van der Waals surface area contributed by atoms with Gasteiger partial charge in [-0.05, 0) is 40.2 Å². The molecule has 0 bridgehead atoms. The van der Waals surface area contributed by atoms with Gasteiger partial charge in [0.1, 0.15) is 11.6 Å². The van der Waals surface area contributed by atoms with E-state index in [1.807, 2.05) is 45.5 Å². The van der Waals surface area contributed by atoms with Crippen molar-refractivity contribution in [2.75, 3.05) is 0 Å². The van der Waals surface area contributed by atoms with Gasteiger partial charge in [-0.1, -0.05) is 0 Å². The molecule has 0 spiro atoms. The van der Waals surface area contributed by atoms with Crippen LogP contribution in [0.1, 0.15) is 39.0 Å². The van der Waals surface area contributed by atoms with Gasteiger partial charge >= 0.3 is 5.97 Å². The molecule has 2 N–H and O–H groups in total. The fourth-order valence-electron chi connectivity index (χ4n) is 1.62. The van der Waals surface area contributed by atoms with E-state index in [0.717, 1.165) is 17.8 Å². The summed E-state index contributed by atoms with van der Waals surface area (Å²) in [5.74, 6) is -0.369. The van der Waals surface area contributed by atoms with Crippen LogP contribution in [0.5, 0.6) is 0 Å². The summed E-state index contributed by atoms with van der Waals surface area (Å²) < 4.78 is 7.09. The summed E-state index contributed by atoms with van der Waals surface area (Å²) in [6.45, 7) is 10.2. The molecule has 1 rings (SSSR count). The average molecular weight is 253 g/mol. The van der Waals surface area contributed by atoms with Crippen LogP contribution in [0.25, 0.3) is 0 Å². The van der Waals surface area contributed by atoms with Crippen LogP contribution in [0.15, 0.2) is 6.20 Å². The van der Waals surface area contributed by atoms with E-state index in [-0.39, 0.29) is 5.97 Å². The number of nitrogens with zero attached hydrogens (tertiary/aromatic N) is 2. The minimum Gasteiger partial charge on any atom is -0.459 e. The zero-order valence-corrected chi connectivity index (χ0v) is 11.9. The van der Waals surface area contributed by atoms with Crippen molar-refractivity contribution < 1.29 is 9.53 Å². The lowest BCUT2D eigenvalue weighted by Gasteiger charge is -2.22. The third kappa shape index (κ3) is 4.14. The maximum absolute atomic E-state index is 11.8. The Morgan fingerprint density at radius 2 is 2.17 bits per heavy atom. The Morgan fingerprint density at radius 1 is 1.56 bits per heavy atom. The van der Waals surface area contributed by atoms with Crippen LogP contribution < -0.4 is 5.73 Å². The van der Waals surface area contributed by atoms with E-state index in [0.29, 0.717) is 6.42 Å². The van der Waals surface area contributed by atoms with Gasteiger partial charge in [0.2, 0.25) is 0 Å². The van der Waals surface area contributed by atoms with E-state index in [9.17, 15) is 4.79 Å². The Morgan fingerprint density at radius 3 is 2.61 bits per heavy atom. The minimum absolute atomic E-state index is 0.369. The van der Waals surface area contributed by atoms with Crippen molar-refractivity contribution in [3.05, 3.63) is 17.5 Å². The first kappa shape index (κ1) is 14.7. The molecule has 0 unspecified atom stereocenters. The zero-order valence-electron chi connectivity index (χ0n) is 11.9. The van der Waals surface area contributed by atoms with Gasteiger partial charge in [-0.3, -0.25) is 9.48 Å². The largest absolute Gasteiger partial charge is 0.459 e. The highest BCUT2D eigenvalue weighted by atomic mass is 16.6. The molecule has 0 aromatic carbocycles. The van der Waals surface area contributed by atoms with Crippen molar-refractivity contribution in [1.29, 1.82) is 0 Å². The lowest BCUT2D eigenvalue weighted by molar-refractivity contribution is -0.156. The van der Waals surface area contributed by atoms with Crippen LogP contribution in [0.4, 0.5) is 0 Å². The first-order valence-electron chi connectivity index (χ1n) is 6.24. The van der Waals surface area contributed by atoms with Crippen molar-refractivity contribution in [3.63, 3.8) is 0 Å². The van der Waals surface area contributed by atoms with E-state index in [1.165, 1.54) is 0 Å². The number of hydrogen-bond acceptors (Lipinski definition) is 4. The third-order valence-corrected chi connectivity index (χ3v) is 2.52. The zero-order chi connectivity index (χ0) is 13.9. The van der Waals surface area contributed by atoms with E-state index >= 15 is 0 Å². The van der Waals surface area contributed by atoms with Gasteiger partial charge in [0.25, 0.3) is 0 Å². The molecule has 1 aromatic heterocycles. The van der Waals surface area contributed by atoms with Gasteiger partial charge in [0.15, 0.2) is 0 Å². The topological polar surface area (TPSA) is 70.1 Å². The average Bonchev–Trinajstić information content (AvgIpc) is 2.57. The standard InChI is InChI=1S/C13H23N3O2/c1-6-16-8-10(9(2)15-16)7-11(14)12(17)18-13(3,4)5/h8,11H,6-7,14H2,1-5H3/t11-/m1/s1. The molecule has 102 valence electrons. The number of aryl methyl sites for hydroxylation is 2. The molecule has 0 aliphatic heterocycles. The van der Waals surface area contributed by atoms with Gasteiger partial charge in [0, 0.05) is 19.2 Å². The highest BCUT2D eigenvalue weighted by molar-refractivity contribution is 5.76. The van der Waals surface area contributed by atoms with E-state index in [1.54, 1.807) is 0 Å². The SMILES string of the molecule is CCn1cc(C[C@@H](N)C(=O)OC(C)(C)C)c(C)n1. The number of rotatable bonds is 4. The predicted molar refractivity (Wildman–Crippen MR) is 70.2 cm³/mol. The van der Waals surface area contributed by atoms with Crippen molar-refractivity contribution in [3.8, 4) is 0 Å². The quantitative estimate of drug-likeness (QED) is 0.824. The van der Waals surface area contributed by atoms with Crippen LogP contribution in [0.2, 0.25) is 0 Å². The molecule has 5 nitrogen and oxygen atoms in total. The number of hydrogen-bond donors (Lipinski definition) is 1. The molecule has 18 heavy (non-hydrogen) atoms. The number of carbonyl (C=O) groups is 1. The molecular formula is C13H23N3O2. The summed E-state index contributed by atoms with van der Waals surface area (Å²) in [5, 5.41) is 4.33. The summed E-state index contributed by atoms with van der Waals surface area (Å²) in [5.41, 5.74) is 7.27. The van der Waals surface area contributed by atoms with Gasteiger partial charge < -0.3 is 10.5 Å². The van der Waals surface area contributed by atoms with Crippen molar-refractivity contribution in [1.82, 2.24) is 9.78 Å². The summed E-state index contributed by atoms with van der Waals surface area (Å²) in [6, 6.07) is -0.641. The van der Waals surface area contributed by atoms with E-state index in [2.05, 4.69) is 5.10 Å². The Kier molecular flexibility index (Phi) is 4.51. The number of aromatic nitrogens is 2. The summed E-state index contributed by atoms with van der Waals surface area (Å²) >= 11 is 0. The Bertz CT molecular complexity index is 418.